The zero-order valence-corrected chi connectivity index (χ0v) is 36.8. The summed E-state index contributed by atoms with van der Waals surface area (Å²) >= 11 is 0. The number of hydrogen-bond acceptors (Lipinski definition) is 13. The summed E-state index contributed by atoms with van der Waals surface area (Å²) in [6.07, 6.45) is 7.18. The van der Waals surface area contributed by atoms with E-state index in [1.807, 2.05) is 61.5 Å². The highest BCUT2D eigenvalue weighted by Gasteiger charge is 2.65. The number of hydrogen-bond donors (Lipinski definition) is 3. The summed E-state index contributed by atoms with van der Waals surface area (Å²) in [7, 11) is 1.50. The van der Waals surface area contributed by atoms with Crippen LogP contribution in [-0.4, -0.2) is 98.3 Å². The van der Waals surface area contributed by atoms with Gasteiger partial charge in [0.05, 0.1) is 31.5 Å². The number of carbonyl (C=O) groups is 2. The molecule has 344 valence electrons. The summed E-state index contributed by atoms with van der Waals surface area (Å²) in [5.41, 5.74) is 4.06. The van der Waals surface area contributed by atoms with E-state index in [1.165, 1.54) is 7.11 Å². The Morgan fingerprint density at radius 2 is 1.73 bits per heavy atom. The number of oxime groups is 1. The van der Waals surface area contributed by atoms with Crippen LogP contribution in [0.3, 0.4) is 0 Å². The maximum atomic E-state index is 14.9. The van der Waals surface area contributed by atoms with E-state index >= 15 is 0 Å². The Balaban J connectivity index is 1.36. The number of fused-ring (bicyclic) bond motifs is 3. The molecule has 64 heavy (non-hydrogen) atoms. The number of amides is 2. The molecule has 0 saturated heterocycles. The minimum Gasteiger partial charge on any atom is -0.459 e. The van der Waals surface area contributed by atoms with E-state index in [9.17, 15) is 19.8 Å². The first-order chi connectivity index (χ1) is 31.3. The topological polar surface area (TPSA) is 176 Å². The van der Waals surface area contributed by atoms with Crippen molar-refractivity contribution in [1.29, 1.82) is 0 Å². The smallest absolute Gasteiger partial charge is 0.412 e. The molecule has 15 heteroatoms. The normalized spacial score (nSPS) is 23.2. The molecule has 6 unspecified atom stereocenters. The van der Waals surface area contributed by atoms with Crippen molar-refractivity contribution in [3.8, 4) is 23.0 Å². The van der Waals surface area contributed by atoms with Crippen molar-refractivity contribution in [2.75, 3.05) is 53.5 Å². The molecule has 3 aromatic rings. The van der Waals surface area contributed by atoms with Gasteiger partial charge < -0.3 is 53.5 Å². The van der Waals surface area contributed by atoms with E-state index in [4.69, 9.17) is 38.0 Å². The van der Waals surface area contributed by atoms with Crippen molar-refractivity contribution >= 4 is 17.9 Å². The first-order valence-electron chi connectivity index (χ1n) is 22.3. The summed E-state index contributed by atoms with van der Waals surface area (Å²) in [5, 5.41) is 27.2. The first-order valence-corrected chi connectivity index (χ1v) is 22.3. The monoisotopic (exact) mass is 883 g/mol. The Bertz CT molecular complexity index is 2110. The number of rotatable bonds is 22. The zero-order chi connectivity index (χ0) is 44.9. The molecule has 2 aliphatic heterocycles. The Morgan fingerprint density at radius 1 is 0.953 bits per heavy atom. The maximum Gasteiger partial charge on any atom is 0.412 e. The number of nitrogens with zero attached hydrogens (tertiary/aromatic N) is 2. The molecular formula is C49H61N3O12. The van der Waals surface area contributed by atoms with Crippen molar-refractivity contribution in [3.05, 3.63) is 108 Å². The largest absolute Gasteiger partial charge is 0.459 e. The molecule has 1 fully saturated rings. The molecular weight excluding hydrogens is 823 g/mol. The first kappa shape index (κ1) is 46.4. The Kier molecular flexibility index (Phi) is 16.2. The van der Waals surface area contributed by atoms with Crippen LogP contribution in [0.15, 0.2) is 96.2 Å². The summed E-state index contributed by atoms with van der Waals surface area (Å²) in [5.74, 6) is -0.452. The van der Waals surface area contributed by atoms with Crippen molar-refractivity contribution in [3.63, 3.8) is 0 Å². The molecule has 0 spiro atoms. The minimum absolute atomic E-state index is 0.0155. The maximum absolute atomic E-state index is 14.9. The van der Waals surface area contributed by atoms with Crippen LogP contribution in [0.1, 0.15) is 74.5 Å². The number of aliphatic hydroxyl groups is 2. The second-order valence-corrected chi connectivity index (χ2v) is 16.3. The SMILES string of the molecule is C=CCOC12Oc3ccc(OC(=O)NCC)cc3C3C(CCCCO)C(CCCCO)C=C(C(=NOC)CC1N(Cc1ccc4c(c1)OCO4)C(=O)OCCOCc1ccccc1)C32. The van der Waals surface area contributed by atoms with Crippen LogP contribution >= 0.6 is 0 Å². The molecule has 0 aromatic heterocycles. The predicted molar refractivity (Wildman–Crippen MR) is 237 cm³/mol. The van der Waals surface area contributed by atoms with E-state index in [0.29, 0.717) is 54.7 Å². The highest BCUT2D eigenvalue weighted by molar-refractivity contribution is 6.03. The van der Waals surface area contributed by atoms with E-state index in [2.05, 4.69) is 23.1 Å². The van der Waals surface area contributed by atoms with Gasteiger partial charge in [0.15, 0.2) is 11.5 Å². The molecule has 3 N–H and O–H groups in total. The average molecular weight is 884 g/mol. The lowest BCUT2D eigenvalue weighted by Gasteiger charge is -2.59. The van der Waals surface area contributed by atoms with Gasteiger partial charge in [-0.1, -0.05) is 66.5 Å². The van der Waals surface area contributed by atoms with Gasteiger partial charge in [0.2, 0.25) is 12.6 Å². The van der Waals surface area contributed by atoms with E-state index in [0.717, 1.165) is 47.9 Å². The molecule has 0 bridgehead atoms. The molecule has 4 aliphatic rings. The van der Waals surface area contributed by atoms with Crippen molar-refractivity contribution in [2.24, 2.45) is 22.9 Å². The van der Waals surface area contributed by atoms with E-state index in [1.54, 1.807) is 23.1 Å². The van der Waals surface area contributed by atoms with Gasteiger partial charge in [-0.15, -0.1) is 6.58 Å². The molecule has 15 nitrogen and oxygen atoms in total. The number of nitrogens with one attached hydrogen (secondary N) is 1. The third-order valence-corrected chi connectivity index (χ3v) is 12.3. The number of ether oxygens (including phenoxy) is 7. The van der Waals surface area contributed by atoms with Crippen LogP contribution in [0.2, 0.25) is 0 Å². The standard InChI is InChI=1S/C49H61N3O12/c1-4-23-62-49-44(52(30-34-17-19-42-43(26-34)61-32-60-42)48(56)59-25-24-58-31-33-13-7-6-8-14-33)29-40(51-57-3)38-27-35(15-9-11-21-53)37(16-10-12-22-54)45(46(38)49)39-28-36(18-20-41(39)64-49)63-47(55)50-5-2/h4,6-8,13-14,17-20,26-28,35,37,44-46,53-54H,1,5,9-12,15-16,21-25,29-32H2,2-3H3,(H,50,55). The molecule has 1 saturated carbocycles. The van der Waals surface area contributed by atoms with Gasteiger partial charge in [-0.25, -0.2) is 9.59 Å². The van der Waals surface area contributed by atoms with Gasteiger partial charge >= 0.3 is 12.2 Å². The summed E-state index contributed by atoms with van der Waals surface area (Å²) < 4.78 is 43.5. The van der Waals surface area contributed by atoms with Crippen LogP contribution in [0.4, 0.5) is 9.59 Å². The number of carbonyl (C=O) groups excluding carboxylic acids is 2. The minimum atomic E-state index is -1.54. The Morgan fingerprint density at radius 3 is 2.50 bits per heavy atom. The Hall–Kier alpha value is -5.61. The van der Waals surface area contributed by atoms with Crippen LogP contribution < -0.4 is 24.3 Å². The number of benzene rings is 3. The van der Waals surface area contributed by atoms with Crippen molar-refractivity contribution in [1.82, 2.24) is 10.2 Å². The lowest BCUT2D eigenvalue weighted by atomic mass is 9.55. The quantitative estimate of drug-likeness (QED) is 0.0512. The average Bonchev–Trinajstić information content (AvgIpc) is 3.78. The molecule has 2 aliphatic carbocycles. The highest BCUT2D eigenvalue weighted by atomic mass is 16.7. The molecule has 2 heterocycles. The molecule has 6 atom stereocenters. The van der Waals surface area contributed by atoms with Gasteiger partial charge in [-0.3, -0.25) is 4.90 Å². The third kappa shape index (κ3) is 10.5. The highest BCUT2D eigenvalue weighted by Crippen LogP contribution is 2.62. The van der Waals surface area contributed by atoms with Gasteiger partial charge in [0, 0.05) is 44.2 Å². The molecule has 2 amide bonds. The van der Waals surface area contributed by atoms with Crippen LogP contribution in [0.5, 0.6) is 23.0 Å². The summed E-state index contributed by atoms with van der Waals surface area (Å²) in [4.78, 5) is 34.9. The number of allylic oxidation sites excluding steroid dienone is 1. The third-order valence-electron chi connectivity index (χ3n) is 12.3. The van der Waals surface area contributed by atoms with E-state index < -0.39 is 29.9 Å². The summed E-state index contributed by atoms with van der Waals surface area (Å²) in [6.45, 7) is 7.09. The summed E-state index contributed by atoms with van der Waals surface area (Å²) in [6, 6.07) is 19.8. The van der Waals surface area contributed by atoms with E-state index in [-0.39, 0.29) is 70.5 Å². The fraction of sp³-hybridized carbons (Fsp3) is 0.490. The van der Waals surface area contributed by atoms with Gasteiger partial charge in [-0.2, -0.15) is 0 Å². The number of unbranched alkanes of at least 4 members (excludes halogenated alkanes) is 2. The van der Waals surface area contributed by atoms with Crippen LogP contribution in [0.25, 0.3) is 0 Å². The second kappa shape index (κ2) is 22.3. The fourth-order valence-electron chi connectivity index (χ4n) is 9.68. The number of aliphatic hydroxyl groups excluding tert-OH is 2. The molecule has 0 radical (unpaired) electrons. The molecule has 7 rings (SSSR count). The van der Waals surface area contributed by atoms with Gasteiger partial charge in [0.1, 0.15) is 31.3 Å². The fourth-order valence-corrected chi connectivity index (χ4v) is 9.68. The lowest BCUT2D eigenvalue weighted by Crippen LogP contribution is -2.70. The molecule has 3 aromatic carbocycles. The van der Waals surface area contributed by atoms with Crippen LogP contribution in [0, 0.1) is 17.8 Å². The van der Waals surface area contributed by atoms with Gasteiger partial charge in [0.25, 0.3) is 0 Å². The van der Waals surface area contributed by atoms with Crippen LogP contribution in [-0.2, 0) is 32.2 Å². The van der Waals surface area contributed by atoms with Crippen molar-refractivity contribution < 1.29 is 57.8 Å². The second-order valence-electron chi connectivity index (χ2n) is 16.3. The predicted octanol–water partition coefficient (Wildman–Crippen LogP) is 7.64. The Labute approximate surface area is 374 Å². The lowest BCUT2D eigenvalue weighted by molar-refractivity contribution is -0.256. The zero-order valence-electron chi connectivity index (χ0n) is 36.8. The van der Waals surface area contributed by atoms with Gasteiger partial charge in [-0.05, 0) is 91.5 Å². The van der Waals surface area contributed by atoms with Crippen molar-refractivity contribution in [2.45, 2.75) is 82.8 Å².